The Bertz CT molecular complexity index is 2510. The summed E-state index contributed by atoms with van der Waals surface area (Å²) < 4.78 is 0. The van der Waals surface area contributed by atoms with Crippen LogP contribution in [-0.4, -0.2) is 10.2 Å². The lowest BCUT2D eigenvalue weighted by atomic mass is 9.90. The number of aliphatic hydroxyl groups excluding tert-OH is 2. The standard InChI is InChI=1S/C44H26O2/c45-39(35-21-17-33-15-13-29-3-1-5-31-19-23-37(35)43(33)41(29)31)25-11-27-7-9-28(10-8-27)12-26-40(46)36-22-18-34-16-14-30-4-2-6-32-20-24-38(36)44(34)42(30)32/h1-10,13-24,39-40,45-46H. The van der Waals surface area contributed by atoms with E-state index in [0.29, 0.717) is 0 Å². The van der Waals surface area contributed by atoms with Crippen LogP contribution in [0.4, 0.5) is 0 Å². The first kappa shape index (κ1) is 26.5. The van der Waals surface area contributed by atoms with Crippen LogP contribution in [0.5, 0.6) is 0 Å². The monoisotopic (exact) mass is 586 g/mol. The van der Waals surface area contributed by atoms with Crippen LogP contribution in [-0.2, 0) is 0 Å². The Balaban J connectivity index is 0.988. The minimum atomic E-state index is -0.926. The molecule has 9 aromatic rings. The highest BCUT2D eigenvalue weighted by molar-refractivity contribution is 6.24. The van der Waals surface area contributed by atoms with E-state index in [0.717, 1.165) is 43.8 Å². The van der Waals surface area contributed by atoms with Gasteiger partial charge in [0.2, 0.25) is 0 Å². The van der Waals surface area contributed by atoms with Gasteiger partial charge in [0.25, 0.3) is 0 Å². The van der Waals surface area contributed by atoms with Crippen molar-refractivity contribution >= 4 is 64.6 Å². The van der Waals surface area contributed by atoms with E-state index >= 15 is 0 Å². The number of rotatable bonds is 2. The van der Waals surface area contributed by atoms with Crippen LogP contribution in [0, 0.1) is 23.7 Å². The zero-order valence-corrected chi connectivity index (χ0v) is 24.8. The van der Waals surface area contributed by atoms with Crippen molar-refractivity contribution in [2.45, 2.75) is 12.2 Å². The fourth-order valence-corrected chi connectivity index (χ4v) is 7.09. The topological polar surface area (TPSA) is 40.5 Å². The first-order valence-electron chi connectivity index (χ1n) is 15.4. The molecule has 0 amide bonds. The zero-order valence-electron chi connectivity index (χ0n) is 24.8. The summed E-state index contributed by atoms with van der Waals surface area (Å²) in [5.74, 6) is 12.4. The third kappa shape index (κ3) is 4.17. The Labute approximate surface area is 265 Å². The molecule has 0 heterocycles. The van der Waals surface area contributed by atoms with E-state index in [1.165, 1.54) is 43.1 Å². The summed E-state index contributed by atoms with van der Waals surface area (Å²) in [5.41, 5.74) is 3.19. The maximum absolute atomic E-state index is 11.2. The molecule has 0 saturated heterocycles. The Morgan fingerprint density at radius 2 is 0.674 bits per heavy atom. The molecule has 0 aromatic heterocycles. The fourth-order valence-electron chi connectivity index (χ4n) is 7.09. The van der Waals surface area contributed by atoms with Crippen LogP contribution in [0.3, 0.4) is 0 Å². The van der Waals surface area contributed by atoms with E-state index in [9.17, 15) is 10.2 Å². The molecule has 46 heavy (non-hydrogen) atoms. The van der Waals surface area contributed by atoms with Crippen molar-refractivity contribution in [3.63, 3.8) is 0 Å². The first-order valence-corrected chi connectivity index (χ1v) is 15.4. The van der Waals surface area contributed by atoms with E-state index in [4.69, 9.17) is 0 Å². The lowest BCUT2D eigenvalue weighted by molar-refractivity contribution is 0.239. The van der Waals surface area contributed by atoms with Gasteiger partial charge in [-0.1, -0.05) is 133 Å². The van der Waals surface area contributed by atoms with Crippen molar-refractivity contribution in [1.82, 2.24) is 0 Å². The highest BCUT2D eigenvalue weighted by atomic mass is 16.3. The Hall–Kier alpha value is -5.90. The van der Waals surface area contributed by atoms with Crippen LogP contribution in [0.1, 0.15) is 34.5 Å². The molecule has 0 aliphatic carbocycles. The van der Waals surface area contributed by atoms with E-state index < -0.39 is 12.2 Å². The van der Waals surface area contributed by atoms with Crippen molar-refractivity contribution in [2.75, 3.05) is 0 Å². The number of hydrogen-bond acceptors (Lipinski definition) is 2. The average Bonchev–Trinajstić information content (AvgIpc) is 3.11. The van der Waals surface area contributed by atoms with E-state index in [2.05, 4.69) is 121 Å². The van der Waals surface area contributed by atoms with Gasteiger partial charge in [0.15, 0.2) is 0 Å². The van der Waals surface area contributed by atoms with Gasteiger partial charge in [-0.05, 0) is 88.9 Å². The summed E-state index contributed by atoms with van der Waals surface area (Å²) >= 11 is 0. The maximum atomic E-state index is 11.2. The van der Waals surface area contributed by atoms with Gasteiger partial charge in [-0.25, -0.2) is 0 Å². The highest BCUT2D eigenvalue weighted by Crippen LogP contribution is 2.39. The molecule has 2 unspecified atom stereocenters. The molecule has 0 aliphatic heterocycles. The second-order valence-electron chi connectivity index (χ2n) is 11.9. The molecule has 2 N–H and O–H groups in total. The molecule has 0 bridgehead atoms. The Morgan fingerprint density at radius 3 is 1.07 bits per heavy atom. The molecule has 214 valence electrons. The zero-order chi connectivity index (χ0) is 30.8. The van der Waals surface area contributed by atoms with Crippen molar-refractivity contribution in [2.24, 2.45) is 0 Å². The second-order valence-corrected chi connectivity index (χ2v) is 11.9. The predicted octanol–water partition coefficient (Wildman–Crippen LogP) is 9.65. The summed E-state index contributed by atoms with van der Waals surface area (Å²) in [4.78, 5) is 0. The summed E-state index contributed by atoms with van der Waals surface area (Å²) in [6.45, 7) is 0. The highest BCUT2D eigenvalue weighted by Gasteiger charge is 2.15. The molecule has 9 rings (SSSR count). The van der Waals surface area contributed by atoms with Crippen molar-refractivity contribution < 1.29 is 10.2 Å². The number of aliphatic hydroxyl groups is 2. The molecule has 0 saturated carbocycles. The number of hydrogen-bond donors (Lipinski definition) is 2. The van der Waals surface area contributed by atoms with Gasteiger partial charge in [-0.3, -0.25) is 0 Å². The SMILES string of the molecule is OC(C#Cc1ccc(C#CC(O)c2ccc3ccc4cccc5ccc2c3c45)cc1)c1ccc2ccc3cccc4ccc1c2c34. The smallest absolute Gasteiger partial charge is 0.141 e. The largest absolute Gasteiger partial charge is 0.376 e. The molecule has 2 heteroatoms. The lowest BCUT2D eigenvalue weighted by Gasteiger charge is -2.15. The molecule has 0 spiro atoms. The molecule has 2 atom stereocenters. The summed E-state index contributed by atoms with van der Waals surface area (Å²) in [5, 5.41) is 36.2. The normalized spacial score (nSPS) is 12.9. The lowest BCUT2D eigenvalue weighted by Crippen LogP contribution is -1.97. The quantitative estimate of drug-likeness (QED) is 0.156. The minimum Gasteiger partial charge on any atom is -0.376 e. The van der Waals surface area contributed by atoms with Crippen molar-refractivity contribution in [3.8, 4) is 23.7 Å². The molecular weight excluding hydrogens is 560 g/mol. The van der Waals surface area contributed by atoms with Gasteiger partial charge in [-0.2, -0.15) is 0 Å². The minimum absolute atomic E-state index is 0.787. The average molecular weight is 587 g/mol. The molecule has 2 nitrogen and oxygen atoms in total. The van der Waals surface area contributed by atoms with Crippen LogP contribution in [0.2, 0.25) is 0 Å². The fraction of sp³-hybridized carbons (Fsp3) is 0.0455. The van der Waals surface area contributed by atoms with Gasteiger partial charge >= 0.3 is 0 Å². The van der Waals surface area contributed by atoms with Crippen LogP contribution in [0.25, 0.3) is 64.6 Å². The van der Waals surface area contributed by atoms with Crippen molar-refractivity contribution in [1.29, 1.82) is 0 Å². The summed E-state index contributed by atoms with van der Waals surface area (Å²) in [6, 6.07) is 45.4. The summed E-state index contributed by atoms with van der Waals surface area (Å²) in [6.07, 6.45) is -1.85. The molecule has 0 fully saturated rings. The third-order valence-electron chi connectivity index (χ3n) is 9.31. The molecule has 0 radical (unpaired) electrons. The van der Waals surface area contributed by atoms with Gasteiger partial charge in [0.1, 0.15) is 12.2 Å². The van der Waals surface area contributed by atoms with E-state index in [-0.39, 0.29) is 0 Å². The van der Waals surface area contributed by atoms with E-state index in [1.807, 2.05) is 36.4 Å². The third-order valence-corrected chi connectivity index (χ3v) is 9.31. The van der Waals surface area contributed by atoms with E-state index in [1.54, 1.807) is 0 Å². The van der Waals surface area contributed by atoms with Gasteiger partial charge in [0, 0.05) is 22.3 Å². The summed E-state index contributed by atoms with van der Waals surface area (Å²) in [7, 11) is 0. The predicted molar refractivity (Wildman–Crippen MR) is 190 cm³/mol. The first-order chi connectivity index (χ1) is 22.6. The van der Waals surface area contributed by atoms with Gasteiger partial charge in [0.05, 0.1) is 0 Å². The van der Waals surface area contributed by atoms with Gasteiger partial charge < -0.3 is 10.2 Å². The molecule has 0 aliphatic rings. The van der Waals surface area contributed by atoms with Crippen molar-refractivity contribution in [3.05, 3.63) is 156 Å². The molecular formula is C44H26O2. The Kier molecular flexibility index (Phi) is 5.95. The molecule has 9 aromatic carbocycles. The second kappa shape index (κ2) is 10.3. The van der Waals surface area contributed by atoms with Gasteiger partial charge in [-0.15, -0.1) is 0 Å². The van der Waals surface area contributed by atoms with Crippen LogP contribution >= 0.6 is 0 Å². The van der Waals surface area contributed by atoms with Crippen LogP contribution < -0.4 is 0 Å². The maximum Gasteiger partial charge on any atom is 0.141 e. The number of benzene rings is 9. The Morgan fingerprint density at radius 1 is 0.348 bits per heavy atom. The van der Waals surface area contributed by atoms with Crippen LogP contribution in [0.15, 0.2) is 133 Å².